The second-order valence-electron chi connectivity index (χ2n) is 10.2. The standard InChI is InChI=1S/C32H32O7/c1-18-12-13-20(15-23(18)31-30(36)29(35)28(34)26(17-33)39-31)16-25-24(14-19-8-4-2-5-9-19)21-10-6-3-7-11-22(21)27(25)32(37)38/h2-13,15,26,28-31,33-36H,14,16-17H2,1H3,(H,37,38)/t26-,28-,29+,30-,31+/m1/s1. The Morgan fingerprint density at radius 1 is 0.769 bits per heavy atom. The van der Waals surface area contributed by atoms with E-state index in [2.05, 4.69) is 0 Å². The summed E-state index contributed by atoms with van der Waals surface area (Å²) < 4.78 is 5.82. The third-order valence-electron chi connectivity index (χ3n) is 7.66. The molecule has 0 saturated carbocycles. The van der Waals surface area contributed by atoms with E-state index in [1.807, 2.05) is 85.8 Å². The Bertz CT molecular complexity index is 1430. The molecule has 0 unspecified atom stereocenters. The third kappa shape index (κ3) is 5.20. The van der Waals surface area contributed by atoms with Crippen molar-refractivity contribution in [3.8, 4) is 11.1 Å². The Hall–Kier alpha value is -3.59. The van der Waals surface area contributed by atoms with Crippen molar-refractivity contribution in [1.29, 1.82) is 0 Å². The number of aliphatic hydroxyl groups is 4. The number of hydrogen-bond acceptors (Lipinski definition) is 6. The molecule has 7 heteroatoms. The van der Waals surface area contributed by atoms with Crippen LogP contribution in [0.1, 0.15) is 49.8 Å². The highest BCUT2D eigenvalue weighted by atomic mass is 16.5. The van der Waals surface area contributed by atoms with Crippen LogP contribution in [-0.4, -0.2) is 62.5 Å². The summed E-state index contributed by atoms with van der Waals surface area (Å²) in [5.41, 5.74) is 6.77. The first-order valence-corrected chi connectivity index (χ1v) is 13.0. The number of carbonyl (C=O) groups is 1. The molecule has 1 aliphatic heterocycles. The molecule has 0 bridgehead atoms. The molecule has 0 radical (unpaired) electrons. The van der Waals surface area contributed by atoms with Gasteiger partial charge in [-0.15, -0.1) is 0 Å². The van der Waals surface area contributed by atoms with Crippen LogP contribution >= 0.6 is 0 Å². The van der Waals surface area contributed by atoms with Gasteiger partial charge in [0, 0.05) is 0 Å². The van der Waals surface area contributed by atoms with Crippen LogP contribution < -0.4 is 0 Å². The zero-order valence-electron chi connectivity index (χ0n) is 21.6. The summed E-state index contributed by atoms with van der Waals surface area (Å²) in [5, 5.41) is 51.2. The monoisotopic (exact) mass is 528 g/mol. The largest absolute Gasteiger partial charge is 0.478 e. The van der Waals surface area contributed by atoms with Crippen LogP contribution in [0.15, 0.2) is 78.9 Å². The zero-order valence-corrected chi connectivity index (χ0v) is 21.6. The number of aromatic carboxylic acids is 1. The lowest BCUT2D eigenvalue weighted by molar-refractivity contribution is -0.231. The molecule has 5 N–H and O–H groups in total. The van der Waals surface area contributed by atoms with Crippen molar-refractivity contribution in [3.05, 3.63) is 118 Å². The molecule has 5 atom stereocenters. The molecule has 2 aromatic rings. The number of benzene rings is 2. The second kappa shape index (κ2) is 11.3. The van der Waals surface area contributed by atoms with E-state index in [-0.39, 0.29) is 5.56 Å². The topological polar surface area (TPSA) is 127 Å². The minimum Gasteiger partial charge on any atom is -0.478 e. The van der Waals surface area contributed by atoms with Crippen LogP contribution in [-0.2, 0) is 17.6 Å². The average Bonchev–Trinajstić information content (AvgIpc) is 3.05. The number of carboxylic acids is 1. The number of hydrogen-bond donors (Lipinski definition) is 5. The molecular weight excluding hydrogens is 496 g/mol. The summed E-state index contributed by atoms with van der Waals surface area (Å²) in [6.07, 6.45) is -5.43. The van der Waals surface area contributed by atoms with E-state index in [1.165, 1.54) is 0 Å². The van der Waals surface area contributed by atoms with Crippen LogP contribution in [0, 0.1) is 6.92 Å². The highest BCUT2D eigenvalue weighted by Crippen LogP contribution is 2.40. The molecule has 3 aliphatic rings. The molecule has 5 rings (SSSR count). The van der Waals surface area contributed by atoms with E-state index >= 15 is 0 Å². The van der Waals surface area contributed by atoms with Crippen molar-refractivity contribution < 1.29 is 35.1 Å². The van der Waals surface area contributed by atoms with Crippen molar-refractivity contribution in [1.82, 2.24) is 0 Å². The van der Waals surface area contributed by atoms with Gasteiger partial charge in [-0.2, -0.15) is 0 Å². The van der Waals surface area contributed by atoms with E-state index in [9.17, 15) is 30.3 Å². The minimum absolute atomic E-state index is 0.266. The molecular formula is C32H32O7. The maximum atomic E-state index is 12.6. The van der Waals surface area contributed by atoms with Crippen molar-refractivity contribution >= 4 is 5.97 Å². The van der Waals surface area contributed by atoms with Crippen LogP contribution in [0.5, 0.6) is 0 Å². The number of aryl methyl sites for hydroxylation is 1. The highest BCUT2D eigenvalue weighted by Gasteiger charge is 2.44. The fraction of sp³-hybridized carbons (Fsp3) is 0.281. The van der Waals surface area contributed by atoms with E-state index < -0.39 is 43.1 Å². The highest BCUT2D eigenvalue weighted by molar-refractivity contribution is 6.01. The molecule has 1 fully saturated rings. The predicted octanol–water partition coefficient (Wildman–Crippen LogP) is 3.49. The van der Waals surface area contributed by atoms with Gasteiger partial charge in [-0.3, -0.25) is 0 Å². The molecule has 202 valence electrons. The van der Waals surface area contributed by atoms with Crippen molar-refractivity contribution in [2.24, 2.45) is 0 Å². The van der Waals surface area contributed by atoms with Gasteiger partial charge in [0.05, 0.1) is 12.2 Å². The van der Waals surface area contributed by atoms with E-state index in [1.54, 1.807) is 0 Å². The van der Waals surface area contributed by atoms with Gasteiger partial charge in [-0.05, 0) is 64.3 Å². The first-order chi connectivity index (χ1) is 18.8. The van der Waals surface area contributed by atoms with E-state index in [4.69, 9.17) is 4.74 Å². The van der Waals surface area contributed by atoms with Crippen molar-refractivity contribution in [2.45, 2.75) is 50.3 Å². The molecule has 1 saturated heterocycles. The maximum Gasteiger partial charge on any atom is 0.336 e. The van der Waals surface area contributed by atoms with Crippen LogP contribution in [0.25, 0.3) is 11.1 Å². The molecule has 0 aromatic heterocycles. The summed E-state index contributed by atoms with van der Waals surface area (Å²) in [7, 11) is 0. The fourth-order valence-electron chi connectivity index (χ4n) is 5.61. The third-order valence-corrected chi connectivity index (χ3v) is 7.66. The van der Waals surface area contributed by atoms with Gasteiger partial charge in [0.1, 0.15) is 30.5 Å². The molecule has 39 heavy (non-hydrogen) atoms. The average molecular weight is 529 g/mol. The summed E-state index contributed by atoms with van der Waals surface area (Å²) >= 11 is 0. The molecule has 0 amide bonds. The van der Waals surface area contributed by atoms with Gasteiger partial charge >= 0.3 is 5.97 Å². The van der Waals surface area contributed by atoms with Crippen LogP contribution in [0.3, 0.4) is 0 Å². The maximum absolute atomic E-state index is 12.6. The van der Waals surface area contributed by atoms with Crippen molar-refractivity contribution in [2.75, 3.05) is 6.61 Å². The fourth-order valence-corrected chi connectivity index (χ4v) is 5.61. The van der Waals surface area contributed by atoms with Gasteiger partial charge in [-0.1, -0.05) is 78.9 Å². The Kier molecular flexibility index (Phi) is 7.79. The number of rotatable bonds is 7. The lowest BCUT2D eigenvalue weighted by Crippen LogP contribution is -2.55. The summed E-state index contributed by atoms with van der Waals surface area (Å²) in [6.45, 7) is 1.34. The quantitative estimate of drug-likeness (QED) is 0.248. The normalized spacial score (nSPS) is 23.2. The summed E-state index contributed by atoms with van der Waals surface area (Å²) in [4.78, 5) is 12.6. The van der Waals surface area contributed by atoms with Gasteiger partial charge in [0.15, 0.2) is 0 Å². The predicted molar refractivity (Wildman–Crippen MR) is 146 cm³/mol. The smallest absolute Gasteiger partial charge is 0.336 e. The first kappa shape index (κ1) is 27.0. The van der Waals surface area contributed by atoms with Gasteiger partial charge in [0.25, 0.3) is 0 Å². The van der Waals surface area contributed by atoms with Crippen molar-refractivity contribution in [3.63, 3.8) is 0 Å². The first-order valence-electron chi connectivity index (χ1n) is 13.0. The number of aliphatic hydroxyl groups excluding tert-OH is 4. The van der Waals surface area contributed by atoms with Crippen LogP contribution in [0.4, 0.5) is 0 Å². The van der Waals surface area contributed by atoms with Gasteiger partial charge < -0.3 is 30.3 Å². The second-order valence-corrected chi connectivity index (χ2v) is 10.2. The number of carboxylic acid groups (broad SMARTS) is 1. The minimum atomic E-state index is -1.49. The molecule has 0 spiro atoms. The lowest BCUT2D eigenvalue weighted by Gasteiger charge is -2.40. The van der Waals surface area contributed by atoms with Gasteiger partial charge in [0.2, 0.25) is 0 Å². The summed E-state index contributed by atoms with van der Waals surface area (Å²) in [6, 6.07) is 25.0. The molecule has 7 nitrogen and oxygen atoms in total. The number of fused-ring (bicyclic) bond motifs is 1. The zero-order chi connectivity index (χ0) is 27.7. The Morgan fingerprint density at radius 2 is 1.41 bits per heavy atom. The number of ether oxygens (including phenoxy) is 1. The Labute approximate surface area is 226 Å². The molecule has 2 aromatic carbocycles. The van der Waals surface area contributed by atoms with Crippen LogP contribution in [0.2, 0.25) is 0 Å². The molecule has 2 aliphatic carbocycles. The van der Waals surface area contributed by atoms with E-state index in [0.717, 1.165) is 33.4 Å². The van der Waals surface area contributed by atoms with E-state index in [0.29, 0.717) is 24.0 Å². The molecule has 1 heterocycles. The Morgan fingerprint density at radius 3 is 2.08 bits per heavy atom. The lowest BCUT2D eigenvalue weighted by atomic mass is 9.87. The van der Waals surface area contributed by atoms with Gasteiger partial charge in [-0.25, -0.2) is 4.79 Å². The summed E-state index contributed by atoms with van der Waals surface area (Å²) in [5.74, 6) is -0.998. The Balaban J connectivity index is 1.60. The SMILES string of the molecule is Cc1ccc(Cc2c(Cc3ccccc3)c3cccccc-3c2C(=O)O)cc1[C@@H]1O[C@H](CO)[C@@H](O)[C@H](O)[C@H]1O.